The minimum atomic E-state index is -0.0502. The molecular weight excluding hydrogens is 338 g/mol. The minimum absolute atomic E-state index is 0.0502. The van der Waals surface area contributed by atoms with Crippen molar-refractivity contribution in [3.05, 3.63) is 78.9 Å². The third-order valence-corrected chi connectivity index (χ3v) is 4.82. The lowest BCUT2D eigenvalue weighted by atomic mass is 10.1. The van der Waals surface area contributed by atoms with E-state index in [9.17, 15) is 4.79 Å². The van der Waals surface area contributed by atoms with Crippen molar-refractivity contribution in [3.8, 4) is 5.69 Å². The van der Waals surface area contributed by atoms with Crippen molar-refractivity contribution >= 4 is 11.6 Å². The van der Waals surface area contributed by atoms with Gasteiger partial charge in [-0.3, -0.25) is 4.79 Å². The molecule has 0 bridgehead atoms. The lowest BCUT2D eigenvalue weighted by molar-refractivity contribution is 0.0949. The smallest absolute Gasteiger partial charge is 0.251 e. The van der Waals surface area contributed by atoms with Crippen molar-refractivity contribution in [2.24, 2.45) is 0 Å². The molecule has 3 aromatic rings. The maximum Gasteiger partial charge on any atom is 0.251 e. The summed E-state index contributed by atoms with van der Waals surface area (Å²) in [6.07, 6.45) is 5.35. The van der Waals surface area contributed by atoms with E-state index in [2.05, 4.69) is 44.8 Å². The van der Waals surface area contributed by atoms with Crippen LogP contribution in [-0.4, -0.2) is 47.7 Å². The van der Waals surface area contributed by atoms with E-state index in [1.807, 2.05) is 41.1 Å². The summed E-state index contributed by atoms with van der Waals surface area (Å²) in [6.45, 7) is 3.37. The van der Waals surface area contributed by atoms with Gasteiger partial charge in [-0.25, -0.2) is 4.98 Å². The van der Waals surface area contributed by atoms with Crippen LogP contribution >= 0.6 is 0 Å². The van der Waals surface area contributed by atoms with E-state index in [-0.39, 0.29) is 11.9 Å². The lowest BCUT2D eigenvalue weighted by Gasteiger charge is -2.35. The van der Waals surface area contributed by atoms with Crippen LogP contribution in [0, 0.1) is 0 Å². The number of carbonyl (C=O) groups excluding carboxylic acids is 1. The number of amides is 1. The van der Waals surface area contributed by atoms with Crippen LogP contribution in [0.5, 0.6) is 0 Å². The van der Waals surface area contributed by atoms with Crippen LogP contribution in [-0.2, 0) is 0 Å². The highest BCUT2D eigenvalue weighted by molar-refractivity contribution is 5.94. The maximum absolute atomic E-state index is 12.5. The number of nitrogens with one attached hydrogen (secondary N) is 2. The van der Waals surface area contributed by atoms with Crippen LogP contribution in [0.3, 0.4) is 0 Å². The van der Waals surface area contributed by atoms with Gasteiger partial charge in [0.2, 0.25) is 0 Å². The molecule has 1 aromatic heterocycles. The Hall–Kier alpha value is -3.12. The molecule has 4 rings (SSSR count). The number of benzene rings is 2. The Kier molecular flexibility index (Phi) is 5.16. The molecule has 0 radical (unpaired) electrons. The van der Waals surface area contributed by atoms with Gasteiger partial charge in [-0.05, 0) is 36.4 Å². The number of hydrogen-bond donors (Lipinski definition) is 2. The molecule has 1 unspecified atom stereocenters. The molecule has 1 saturated heterocycles. The number of carbonyl (C=O) groups is 1. The Morgan fingerprint density at radius 2 is 1.93 bits per heavy atom. The highest BCUT2D eigenvalue weighted by Crippen LogP contribution is 2.15. The molecule has 1 amide bonds. The summed E-state index contributed by atoms with van der Waals surface area (Å²) >= 11 is 0. The molecule has 2 heterocycles. The number of anilines is 1. The topological polar surface area (TPSA) is 62.2 Å². The second-order valence-electron chi connectivity index (χ2n) is 6.66. The van der Waals surface area contributed by atoms with Gasteiger partial charge in [0.05, 0.1) is 6.33 Å². The largest absolute Gasteiger partial charge is 0.369 e. The molecule has 1 fully saturated rings. The van der Waals surface area contributed by atoms with E-state index in [0.717, 1.165) is 25.3 Å². The predicted molar refractivity (Wildman–Crippen MR) is 106 cm³/mol. The number of piperazine rings is 1. The number of hydrogen-bond acceptors (Lipinski definition) is 4. The molecule has 0 saturated carbocycles. The van der Waals surface area contributed by atoms with E-state index in [0.29, 0.717) is 12.1 Å². The van der Waals surface area contributed by atoms with E-state index >= 15 is 0 Å². The maximum atomic E-state index is 12.5. The van der Waals surface area contributed by atoms with Crippen molar-refractivity contribution in [1.29, 1.82) is 0 Å². The predicted octanol–water partition coefficient (Wildman–Crippen LogP) is 2.08. The van der Waals surface area contributed by atoms with E-state index < -0.39 is 0 Å². The summed E-state index contributed by atoms with van der Waals surface area (Å²) in [6, 6.07) is 18.2. The van der Waals surface area contributed by atoms with Crippen molar-refractivity contribution in [2.75, 3.05) is 31.1 Å². The Morgan fingerprint density at radius 3 is 2.67 bits per heavy atom. The Bertz CT molecular complexity index is 861. The SMILES string of the molecule is O=C(NCC1CN(c2ccccc2)CCN1)c1ccc(-n2ccnc2)cc1. The van der Waals surface area contributed by atoms with Crippen molar-refractivity contribution < 1.29 is 4.79 Å². The first-order chi connectivity index (χ1) is 13.3. The normalized spacial score (nSPS) is 16.9. The fourth-order valence-electron chi connectivity index (χ4n) is 3.35. The summed E-state index contributed by atoms with van der Waals surface area (Å²) in [5, 5.41) is 6.53. The lowest BCUT2D eigenvalue weighted by Crippen LogP contribution is -2.55. The number of rotatable bonds is 5. The molecule has 138 valence electrons. The third-order valence-electron chi connectivity index (χ3n) is 4.82. The highest BCUT2D eigenvalue weighted by atomic mass is 16.1. The van der Waals surface area contributed by atoms with Crippen molar-refractivity contribution in [1.82, 2.24) is 20.2 Å². The summed E-state index contributed by atoms with van der Waals surface area (Å²) in [5.74, 6) is -0.0502. The van der Waals surface area contributed by atoms with Gasteiger partial charge in [0.25, 0.3) is 5.91 Å². The molecule has 2 aromatic carbocycles. The number of nitrogens with zero attached hydrogens (tertiary/aromatic N) is 3. The molecule has 6 nitrogen and oxygen atoms in total. The zero-order valence-corrected chi connectivity index (χ0v) is 15.1. The van der Waals surface area contributed by atoms with Gasteiger partial charge in [0.1, 0.15) is 0 Å². The van der Waals surface area contributed by atoms with Crippen molar-refractivity contribution in [3.63, 3.8) is 0 Å². The summed E-state index contributed by atoms with van der Waals surface area (Å²) in [4.78, 5) is 18.9. The molecule has 1 aliphatic rings. The van der Waals surface area contributed by atoms with Gasteiger partial charge in [-0.15, -0.1) is 0 Å². The molecule has 6 heteroatoms. The second-order valence-corrected chi connectivity index (χ2v) is 6.66. The van der Waals surface area contributed by atoms with Gasteiger partial charge < -0.3 is 20.1 Å². The van der Waals surface area contributed by atoms with Gasteiger partial charge >= 0.3 is 0 Å². The highest BCUT2D eigenvalue weighted by Gasteiger charge is 2.20. The Morgan fingerprint density at radius 1 is 1.11 bits per heavy atom. The first-order valence-electron chi connectivity index (χ1n) is 9.19. The molecule has 27 heavy (non-hydrogen) atoms. The molecule has 0 spiro atoms. The summed E-state index contributed by atoms with van der Waals surface area (Å²) in [7, 11) is 0. The van der Waals surface area contributed by atoms with Crippen molar-refractivity contribution in [2.45, 2.75) is 6.04 Å². The fourth-order valence-corrected chi connectivity index (χ4v) is 3.35. The minimum Gasteiger partial charge on any atom is -0.369 e. The van der Waals surface area contributed by atoms with Crippen LogP contribution in [0.2, 0.25) is 0 Å². The summed E-state index contributed by atoms with van der Waals surface area (Å²) < 4.78 is 1.91. The first-order valence-corrected chi connectivity index (χ1v) is 9.19. The van der Waals surface area contributed by atoms with Crippen LogP contribution in [0.25, 0.3) is 5.69 Å². The zero-order chi connectivity index (χ0) is 18.5. The Balaban J connectivity index is 1.32. The van der Waals surface area contributed by atoms with Gasteiger partial charge in [-0.2, -0.15) is 0 Å². The van der Waals surface area contributed by atoms with Crippen LogP contribution in [0.1, 0.15) is 10.4 Å². The quantitative estimate of drug-likeness (QED) is 0.730. The van der Waals surface area contributed by atoms with Gasteiger partial charge in [-0.1, -0.05) is 18.2 Å². The molecule has 1 atom stereocenters. The summed E-state index contributed by atoms with van der Waals surface area (Å²) in [5.41, 5.74) is 2.87. The Labute approximate surface area is 158 Å². The molecule has 0 aliphatic carbocycles. The third kappa shape index (κ3) is 4.17. The van der Waals surface area contributed by atoms with Gasteiger partial charge in [0, 0.05) is 61.6 Å². The van der Waals surface area contributed by atoms with E-state index in [1.165, 1.54) is 5.69 Å². The monoisotopic (exact) mass is 361 g/mol. The van der Waals surface area contributed by atoms with Gasteiger partial charge in [0.15, 0.2) is 0 Å². The molecule has 1 aliphatic heterocycles. The number of para-hydroxylation sites is 1. The van der Waals surface area contributed by atoms with Crippen LogP contribution in [0.15, 0.2) is 73.3 Å². The average molecular weight is 361 g/mol. The van der Waals surface area contributed by atoms with E-state index in [1.54, 1.807) is 12.5 Å². The molecular formula is C21H23N5O. The zero-order valence-electron chi connectivity index (χ0n) is 15.1. The molecule has 2 N–H and O–H groups in total. The number of aromatic nitrogens is 2. The van der Waals surface area contributed by atoms with Crippen LogP contribution < -0.4 is 15.5 Å². The number of imidazole rings is 1. The average Bonchev–Trinajstić information content (AvgIpc) is 3.28. The first kappa shape index (κ1) is 17.3. The standard InChI is InChI=1S/C21H23N5O/c27-21(17-6-8-20(9-7-17)26-12-10-22-16-26)24-14-18-15-25(13-11-23-18)19-4-2-1-3-5-19/h1-10,12,16,18,23H,11,13-15H2,(H,24,27). The second kappa shape index (κ2) is 8.05. The van der Waals surface area contributed by atoms with E-state index in [4.69, 9.17) is 0 Å². The fraction of sp³-hybridized carbons (Fsp3) is 0.238. The van der Waals surface area contributed by atoms with Crippen LogP contribution in [0.4, 0.5) is 5.69 Å².